The van der Waals surface area contributed by atoms with Crippen molar-refractivity contribution in [2.75, 3.05) is 13.3 Å². The van der Waals surface area contributed by atoms with Crippen LogP contribution in [-0.2, 0) is 10.7 Å². The molecule has 2 aromatic carbocycles. The van der Waals surface area contributed by atoms with Crippen molar-refractivity contribution in [2.45, 2.75) is 25.9 Å². The molecule has 0 aliphatic carbocycles. The van der Waals surface area contributed by atoms with Crippen LogP contribution in [0.3, 0.4) is 0 Å². The summed E-state index contributed by atoms with van der Waals surface area (Å²) in [5.41, 5.74) is 1.11. The molecule has 2 rings (SSSR count). The maximum atomic E-state index is 13.5. The molecule has 0 amide bonds. The van der Waals surface area contributed by atoms with Crippen LogP contribution in [0.15, 0.2) is 54.6 Å². The van der Waals surface area contributed by atoms with Crippen molar-refractivity contribution in [1.29, 1.82) is 0 Å². The zero-order chi connectivity index (χ0) is 15.1. The molecule has 0 aromatic heterocycles. The van der Waals surface area contributed by atoms with Gasteiger partial charge < -0.3 is 9.30 Å². The second kappa shape index (κ2) is 7.47. The van der Waals surface area contributed by atoms with Gasteiger partial charge in [-0.2, -0.15) is 0 Å². The average molecular weight is 302 g/mol. The molecule has 1 unspecified atom stereocenters. The minimum Gasteiger partial charge on any atom is -0.497 e. The van der Waals surface area contributed by atoms with Gasteiger partial charge in [0.1, 0.15) is 12.9 Å². The lowest BCUT2D eigenvalue weighted by Crippen LogP contribution is -2.09. The molecular formula is C18H23O2P. The molecule has 0 aliphatic rings. The minimum absolute atomic E-state index is 0.626. The van der Waals surface area contributed by atoms with E-state index in [2.05, 4.69) is 6.92 Å². The van der Waals surface area contributed by atoms with Crippen LogP contribution in [-0.4, -0.2) is 13.3 Å². The summed E-state index contributed by atoms with van der Waals surface area (Å²) >= 11 is 0. The summed E-state index contributed by atoms with van der Waals surface area (Å²) in [6.07, 6.45) is 3.47. The molecule has 0 aliphatic heterocycles. The van der Waals surface area contributed by atoms with Gasteiger partial charge in [-0.15, -0.1) is 0 Å². The van der Waals surface area contributed by atoms with E-state index in [1.807, 2.05) is 54.6 Å². The molecule has 0 N–H and O–H groups in total. The second-order valence-electron chi connectivity index (χ2n) is 5.31. The van der Waals surface area contributed by atoms with E-state index in [1.54, 1.807) is 7.11 Å². The van der Waals surface area contributed by atoms with Gasteiger partial charge in [-0.3, -0.25) is 0 Å². The first-order valence-electron chi connectivity index (χ1n) is 7.44. The van der Waals surface area contributed by atoms with Gasteiger partial charge in [0.05, 0.1) is 7.11 Å². The van der Waals surface area contributed by atoms with Crippen molar-refractivity contribution in [3.8, 4) is 5.75 Å². The molecule has 0 spiro atoms. The van der Waals surface area contributed by atoms with Crippen molar-refractivity contribution in [2.24, 2.45) is 0 Å². The van der Waals surface area contributed by atoms with Crippen molar-refractivity contribution < 1.29 is 9.30 Å². The van der Waals surface area contributed by atoms with Gasteiger partial charge in [0.2, 0.25) is 0 Å². The minimum atomic E-state index is -2.37. The Morgan fingerprint density at radius 2 is 1.67 bits per heavy atom. The van der Waals surface area contributed by atoms with Crippen molar-refractivity contribution in [3.63, 3.8) is 0 Å². The van der Waals surface area contributed by atoms with Crippen LogP contribution in [0.2, 0.25) is 0 Å². The van der Waals surface area contributed by atoms with Gasteiger partial charge in [0, 0.05) is 17.6 Å². The number of unbranched alkanes of at least 4 members (excludes halogenated alkanes) is 1. The van der Waals surface area contributed by atoms with Gasteiger partial charge >= 0.3 is 0 Å². The number of hydrogen-bond acceptors (Lipinski definition) is 2. The second-order valence-corrected chi connectivity index (χ2v) is 8.37. The van der Waals surface area contributed by atoms with E-state index in [0.717, 1.165) is 35.6 Å². The lowest BCUT2D eigenvalue weighted by Gasteiger charge is -2.19. The highest BCUT2D eigenvalue weighted by atomic mass is 31.2. The molecule has 112 valence electrons. The molecule has 0 radical (unpaired) electrons. The Kier molecular flexibility index (Phi) is 5.64. The SMILES string of the molecule is CCCCP(=O)(Cc1ccc(OC)cc1)c1ccccc1. The molecule has 1 atom stereocenters. The normalized spacial score (nSPS) is 13.6. The Balaban J connectivity index is 2.25. The van der Waals surface area contributed by atoms with Gasteiger partial charge in [-0.1, -0.05) is 55.8 Å². The summed E-state index contributed by atoms with van der Waals surface area (Å²) in [6.45, 7) is 2.14. The highest BCUT2D eigenvalue weighted by Crippen LogP contribution is 2.48. The van der Waals surface area contributed by atoms with E-state index >= 15 is 0 Å². The first-order valence-corrected chi connectivity index (χ1v) is 9.52. The van der Waals surface area contributed by atoms with E-state index in [4.69, 9.17) is 4.74 Å². The van der Waals surface area contributed by atoms with E-state index in [0.29, 0.717) is 6.16 Å². The quantitative estimate of drug-likeness (QED) is 0.694. The Bertz CT molecular complexity index is 590. The summed E-state index contributed by atoms with van der Waals surface area (Å²) in [5.74, 6) is 0.835. The molecule has 0 saturated heterocycles. The third-order valence-electron chi connectivity index (χ3n) is 3.70. The first-order chi connectivity index (χ1) is 10.2. The fraction of sp³-hybridized carbons (Fsp3) is 0.333. The molecule has 0 bridgehead atoms. The highest BCUT2D eigenvalue weighted by Gasteiger charge is 2.24. The Morgan fingerprint density at radius 3 is 2.24 bits per heavy atom. The van der Waals surface area contributed by atoms with Crippen LogP contribution in [0, 0.1) is 0 Å². The van der Waals surface area contributed by atoms with Crippen molar-refractivity contribution in [1.82, 2.24) is 0 Å². The molecule has 2 aromatic rings. The molecule has 21 heavy (non-hydrogen) atoms. The van der Waals surface area contributed by atoms with E-state index < -0.39 is 7.14 Å². The maximum absolute atomic E-state index is 13.5. The summed E-state index contributed by atoms with van der Waals surface area (Å²) in [6, 6.07) is 17.8. The van der Waals surface area contributed by atoms with E-state index in [9.17, 15) is 4.57 Å². The van der Waals surface area contributed by atoms with Gasteiger partial charge in [0.15, 0.2) is 0 Å². The fourth-order valence-corrected chi connectivity index (χ4v) is 5.38. The molecular weight excluding hydrogens is 279 g/mol. The van der Waals surface area contributed by atoms with Crippen molar-refractivity contribution >= 4 is 12.4 Å². The molecule has 0 heterocycles. The summed E-state index contributed by atoms with van der Waals surface area (Å²) < 4.78 is 18.6. The molecule has 0 fully saturated rings. The highest BCUT2D eigenvalue weighted by molar-refractivity contribution is 7.70. The first kappa shape index (κ1) is 15.9. The predicted molar refractivity (Wildman–Crippen MR) is 90.2 cm³/mol. The monoisotopic (exact) mass is 302 g/mol. The Labute approximate surface area is 127 Å². The van der Waals surface area contributed by atoms with Gasteiger partial charge in [0.25, 0.3) is 0 Å². The molecule has 0 saturated carbocycles. The van der Waals surface area contributed by atoms with E-state index in [-0.39, 0.29) is 0 Å². The lowest BCUT2D eigenvalue weighted by molar-refractivity contribution is 0.414. The fourth-order valence-electron chi connectivity index (χ4n) is 2.44. The summed E-state index contributed by atoms with van der Waals surface area (Å²) in [4.78, 5) is 0. The largest absolute Gasteiger partial charge is 0.497 e. The predicted octanol–water partition coefficient (Wildman–Crippen LogP) is 4.68. The van der Waals surface area contributed by atoms with Crippen LogP contribution in [0.1, 0.15) is 25.3 Å². The van der Waals surface area contributed by atoms with Crippen LogP contribution in [0.4, 0.5) is 0 Å². The summed E-state index contributed by atoms with van der Waals surface area (Å²) in [7, 11) is -0.717. The smallest absolute Gasteiger partial charge is 0.119 e. The van der Waals surface area contributed by atoms with E-state index in [1.165, 1.54) is 0 Å². The zero-order valence-electron chi connectivity index (χ0n) is 12.8. The van der Waals surface area contributed by atoms with Crippen LogP contribution < -0.4 is 10.0 Å². The van der Waals surface area contributed by atoms with Gasteiger partial charge in [-0.05, 0) is 24.1 Å². The Hall–Kier alpha value is -1.53. The number of hydrogen-bond donors (Lipinski definition) is 0. The maximum Gasteiger partial charge on any atom is 0.119 e. The van der Waals surface area contributed by atoms with Crippen LogP contribution >= 0.6 is 7.14 Å². The Morgan fingerprint density at radius 1 is 1.00 bits per heavy atom. The van der Waals surface area contributed by atoms with Gasteiger partial charge in [-0.25, -0.2) is 0 Å². The lowest BCUT2D eigenvalue weighted by atomic mass is 10.2. The zero-order valence-corrected chi connectivity index (χ0v) is 13.7. The number of benzene rings is 2. The number of rotatable bonds is 7. The average Bonchev–Trinajstić information content (AvgIpc) is 2.54. The van der Waals surface area contributed by atoms with Crippen LogP contribution in [0.25, 0.3) is 0 Å². The number of methoxy groups -OCH3 is 1. The molecule has 2 nitrogen and oxygen atoms in total. The summed E-state index contributed by atoms with van der Waals surface area (Å²) in [5, 5.41) is 0.995. The standard InChI is InChI=1S/C18H23O2P/c1-3-4-14-21(19,18-8-6-5-7-9-18)15-16-10-12-17(20-2)13-11-16/h5-13H,3-4,14-15H2,1-2H3. The number of ether oxygens (including phenoxy) is 1. The topological polar surface area (TPSA) is 26.3 Å². The molecule has 3 heteroatoms. The van der Waals surface area contributed by atoms with Crippen molar-refractivity contribution in [3.05, 3.63) is 60.2 Å². The third kappa shape index (κ3) is 4.22. The third-order valence-corrected chi connectivity index (χ3v) is 6.85. The van der Waals surface area contributed by atoms with Crippen LogP contribution in [0.5, 0.6) is 5.75 Å².